The van der Waals surface area contributed by atoms with Crippen molar-refractivity contribution in [1.82, 2.24) is 4.90 Å². The number of amides is 1. The van der Waals surface area contributed by atoms with Crippen molar-refractivity contribution in [1.29, 1.82) is 0 Å². The third kappa shape index (κ3) is 7.17. The summed E-state index contributed by atoms with van der Waals surface area (Å²) in [5, 5.41) is 0. The summed E-state index contributed by atoms with van der Waals surface area (Å²) in [6.07, 6.45) is 7.59. The number of benzene rings is 1. The number of ether oxygens (including phenoxy) is 4. The lowest BCUT2D eigenvalue weighted by molar-refractivity contribution is -0.117. The Kier molecular flexibility index (Phi) is 9.59. The molecule has 1 saturated heterocycles. The predicted molar refractivity (Wildman–Crippen MR) is 129 cm³/mol. The van der Waals surface area contributed by atoms with Gasteiger partial charge in [0.15, 0.2) is 0 Å². The van der Waals surface area contributed by atoms with E-state index in [4.69, 9.17) is 18.9 Å². The fourth-order valence-corrected chi connectivity index (χ4v) is 5.36. The van der Waals surface area contributed by atoms with E-state index >= 15 is 0 Å². The Bertz CT molecular complexity index is 716. The van der Waals surface area contributed by atoms with Crippen LogP contribution in [0.4, 0.5) is 4.79 Å². The number of rotatable bonds is 10. The van der Waals surface area contributed by atoms with Crippen LogP contribution in [0.3, 0.4) is 0 Å². The van der Waals surface area contributed by atoms with Gasteiger partial charge >= 0.3 is 6.09 Å². The first kappa shape index (κ1) is 26.0. The standard InChI is InChI=1S/C27H43NO5/c1-20(2)24(32-19-30-5)17-25-23(16-21-12-8-6-9-13-21)28(27(3,4)33-25)26(29)31-18-22-14-10-7-11-15-22/h7,10-11,14-15,20-21,23-25H,6,8-9,12-13,16-19H2,1-5H3/t23-,24-,25-/m0/s1. The van der Waals surface area contributed by atoms with Crippen LogP contribution in [0.2, 0.25) is 0 Å². The van der Waals surface area contributed by atoms with Crippen molar-refractivity contribution in [2.24, 2.45) is 11.8 Å². The summed E-state index contributed by atoms with van der Waals surface area (Å²) < 4.78 is 23.5. The minimum atomic E-state index is -0.736. The second kappa shape index (κ2) is 12.2. The van der Waals surface area contributed by atoms with Crippen molar-refractivity contribution in [3.63, 3.8) is 0 Å². The number of carbonyl (C=O) groups excluding carboxylic acids is 1. The van der Waals surface area contributed by atoms with E-state index < -0.39 is 5.72 Å². The minimum absolute atomic E-state index is 0.0000972. The van der Waals surface area contributed by atoms with Crippen LogP contribution >= 0.6 is 0 Å². The van der Waals surface area contributed by atoms with Crippen LogP contribution in [0.25, 0.3) is 0 Å². The van der Waals surface area contributed by atoms with Gasteiger partial charge in [-0.1, -0.05) is 76.3 Å². The van der Waals surface area contributed by atoms with Crippen LogP contribution in [-0.4, -0.2) is 48.9 Å². The van der Waals surface area contributed by atoms with E-state index in [0.717, 1.165) is 18.4 Å². The first-order valence-electron chi connectivity index (χ1n) is 12.6. The maximum absolute atomic E-state index is 13.4. The number of hydrogen-bond acceptors (Lipinski definition) is 5. The van der Waals surface area contributed by atoms with Gasteiger partial charge in [0.1, 0.15) is 19.1 Å². The van der Waals surface area contributed by atoms with Crippen LogP contribution in [0, 0.1) is 11.8 Å². The molecule has 0 spiro atoms. The van der Waals surface area contributed by atoms with Gasteiger partial charge in [-0.2, -0.15) is 0 Å². The maximum Gasteiger partial charge on any atom is 0.412 e. The van der Waals surface area contributed by atoms with E-state index in [-0.39, 0.29) is 37.7 Å². The van der Waals surface area contributed by atoms with E-state index in [2.05, 4.69) is 13.8 Å². The molecule has 2 aliphatic rings. The van der Waals surface area contributed by atoms with Crippen molar-refractivity contribution in [3.05, 3.63) is 35.9 Å². The largest absolute Gasteiger partial charge is 0.444 e. The van der Waals surface area contributed by atoms with E-state index in [9.17, 15) is 4.79 Å². The summed E-state index contributed by atoms with van der Waals surface area (Å²) in [5.74, 6) is 0.937. The molecule has 6 heteroatoms. The molecule has 1 aliphatic heterocycles. The molecular weight excluding hydrogens is 418 g/mol. The Morgan fingerprint density at radius 2 is 1.85 bits per heavy atom. The molecule has 3 rings (SSSR count). The highest BCUT2D eigenvalue weighted by Crippen LogP contribution is 2.41. The quantitative estimate of drug-likeness (QED) is 0.392. The van der Waals surface area contributed by atoms with Crippen LogP contribution in [-0.2, 0) is 25.6 Å². The molecule has 1 aromatic rings. The van der Waals surface area contributed by atoms with Gasteiger partial charge in [0.2, 0.25) is 0 Å². The molecule has 1 aliphatic carbocycles. The third-order valence-corrected chi connectivity index (χ3v) is 7.09. The first-order chi connectivity index (χ1) is 15.8. The molecule has 186 valence electrons. The molecule has 1 amide bonds. The Labute approximate surface area is 199 Å². The molecule has 0 unspecified atom stereocenters. The van der Waals surface area contributed by atoms with Crippen molar-refractivity contribution in [3.8, 4) is 0 Å². The topological polar surface area (TPSA) is 57.2 Å². The van der Waals surface area contributed by atoms with Crippen molar-refractivity contribution in [2.75, 3.05) is 13.9 Å². The number of hydrogen-bond donors (Lipinski definition) is 0. The summed E-state index contributed by atoms with van der Waals surface area (Å²) in [7, 11) is 1.64. The number of nitrogens with zero attached hydrogens (tertiary/aromatic N) is 1. The molecule has 0 aromatic heterocycles. The normalized spacial score (nSPS) is 24.2. The summed E-state index contributed by atoms with van der Waals surface area (Å²) in [4.78, 5) is 15.3. The van der Waals surface area contributed by atoms with Crippen LogP contribution in [0.1, 0.15) is 78.2 Å². The maximum atomic E-state index is 13.4. The van der Waals surface area contributed by atoms with Crippen LogP contribution < -0.4 is 0 Å². The summed E-state index contributed by atoms with van der Waals surface area (Å²) in [5.41, 5.74) is 0.248. The molecule has 1 heterocycles. The van der Waals surface area contributed by atoms with Crippen LogP contribution in [0.15, 0.2) is 30.3 Å². The molecule has 2 fully saturated rings. The van der Waals surface area contributed by atoms with Gasteiger partial charge in [-0.3, -0.25) is 4.90 Å². The van der Waals surface area contributed by atoms with E-state index in [1.54, 1.807) is 7.11 Å². The Morgan fingerprint density at radius 3 is 2.48 bits per heavy atom. The molecule has 33 heavy (non-hydrogen) atoms. The van der Waals surface area contributed by atoms with Gasteiger partial charge in [0.25, 0.3) is 0 Å². The van der Waals surface area contributed by atoms with Crippen molar-refractivity contribution >= 4 is 6.09 Å². The van der Waals surface area contributed by atoms with E-state index in [1.165, 1.54) is 32.1 Å². The van der Waals surface area contributed by atoms with Gasteiger partial charge < -0.3 is 18.9 Å². The molecule has 1 aromatic carbocycles. The summed E-state index contributed by atoms with van der Waals surface area (Å²) >= 11 is 0. The lowest BCUT2D eigenvalue weighted by atomic mass is 9.82. The van der Waals surface area contributed by atoms with Crippen molar-refractivity contribution < 1.29 is 23.7 Å². The average molecular weight is 462 g/mol. The fraction of sp³-hybridized carbons (Fsp3) is 0.741. The van der Waals surface area contributed by atoms with Gasteiger partial charge in [0.05, 0.1) is 18.2 Å². The SMILES string of the molecule is COCO[C@@H](C[C@@H]1OC(C)(C)N(C(=O)OCc2ccccc2)[C@H]1CC1CCCCC1)C(C)C. The minimum Gasteiger partial charge on any atom is -0.444 e. The van der Waals surface area contributed by atoms with Gasteiger partial charge in [-0.15, -0.1) is 0 Å². The molecule has 6 nitrogen and oxygen atoms in total. The Balaban J connectivity index is 1.77. The predicted octanol–water partition coefficient (Wildman–Crippen LogP) is 6.13. The molecule has 0 radical (unpaired) electrons. The first-order valence-corrected chi connectivity index (χ1v) is 12.6. The molecular formula is C27H43NO5. The molecule has 1 saturated carbocycles. The van der Waals surface area contributed by atoms with E-state index in [0.29, 0.717) is 11.8 Å². The summed E-state index contributed by atoms with van der Waals surface area (Å²) in [6.45, 7) is 8.79. The van der Waals surface area contributed by atoms with Gasteiger partial charge in [0, 0.05) is 13.5 Å². The highest BCUT2D eigenvalue weighted by atomic mass is 16.7. The second-order valence-electron chi connectivity index (χ2n) is 10.4. The zero-order valence-corrected chi connectivity index (χ0v) is 21.1. The van der Waals surface area contributed by atoms with Gasteiger partial charge in [-0.05, 0) is 37.7 Å². The number of methoxy groups -OCH3 is 1. The monoisotopic (exact) mass is 461 g/mol. The highest BCUT2D eigenvalue weighted by molar-refractivity contribution is 5.69. The smallest absolute Gasteiger partial charge is 0.412 e. The average Bonchev–Trinajstić information content (AvgIpc) is 3.05. The number of carbonyl (C=O) groups is 1. The Hall–Kier alpha value is -1.63. The zero-order valence-electron chi connectivity index (χ0n) is 21.1. The fourth-order valence-electron chi connectivity index (χ4n) is 5.36. The molecule has 3 atom stereocenters. The third-order valence-electron chi connectivity index (χ3n) is 7.09. The second-order valence-corrected chi connectivity index (χ2v) is 10.4. The Morgan fingerprint density at radius 1 is 1.15 bits per heavy atom. The highest BCUT2D eigenvalue weighted by Gasteiger charge is 2.51. The van der Waals surface area contributed by atoms with Gasteiger partial charge in [-0.25, -0.2) is 4.79 Å². The van der Waals surface area contributed by atoms with E-state index in [1.807, 2.05) is 49.1 Å². The molecule has 0 N–H and O–H groups in total. The zero-order chi connectivity index (χ0) is 23.8. The lowest BCUT2D eigenvalue weighted by Gasteiger charge is -2.35. The molecule has 0 bridgehead atoms. The lowest BCUT2D eigenvalue weighted by Crippen LogP contribution is -2.49. The van der Waals surface area contributed by atoms with Crippen LogP contribution in [0.5, 0.6) is 0 Å². The summed E-state index contributed by atoms with van der Waals surface area (Å²) in [6, 6.07) is 9.80. The van der Waals surface area contributed by atoms with Crippen molar-refractivity contribution in [2.45, 2.75) is 103 Å².